The second-order valence-electron chi connectivity index (χ2n) is 3.75. The molecule has 2 heterocycles. The third-order valence-electron chi connectivity index (χ3n) is 2.59. The summed E-state index contributed by atoms with van der Waals surface area (Å²) in [6.07, 6.45) is 0. The summed E-state index contributed by atoms with van der Waals surface area (Å²) in [6.45, 7) is 6.73. The lowest BCUT2D eigenvalue weighted by Gasteiger charge is -2.00. The van der Waals surface area contributed by atoms with Crippen LogP contribution < -0.4 is 5.73 Å². The Morgan fingerprint density at radius 1 is 1.31 bits per heavy atom. The van der Waals surface area contributed by atoms with Crippen molar-refractivity contribution in [2.45, 2.75) is 33.9 Å². The largest absolute Gasteiger partial charge is 0.337 e. The number of aromatic nitrogens is 4. The molecule has 86 valence electrons. The van der Waals surface area contributed by atoms with Gasteiger partial charge in [0.25, 0.3) is 0 Å². The van der Waals surface area contributed by atoms with E-state index in [1.807, 2.05) is 18.5 Å². The third-order valence-corrected chi connectivity index (χ3v) is 2.59. The van der Waals surface area contributed by atoms with Crippen LogP contribution in [0.4, 0.5) is 0 Å². The van der Waals surface area contributed by atoms with Crippen molar-refractivity contribution in [3.05, 3.63) is 28.7 Å². The molecule has 0 aromatic carbocycles. The number of nitrogens with two attached hydrogens (primary N) is 1. The van der Waals surface area contributed by atoms with Crippen LogP contribution in [0.25, 0.3) is 0 Å². The summed E-state index contributed by atoms with van der Waals surface area (Å²) < 4.78 is 6.89. The Morgan fingerprint density at radius 3 is 2.56 bits per heavy atom. The van der Waals surface area contributed by atoms with Crippen LogP contribution in [-0.2, 0) is 13.1 Å². The van der Waals surface area contributed by atoms with Crippen LogP contribution >= 0.6 is 0 Å². The standard InChI is InChI=1S/C10H15N5O/c1-6-9(4-11)7(2)15(13-6)5-10-12-8(3)14-16-10/h4-5,11H2,1-3H3. The van der Waals surface area contributed by atoms with Gasteiger partial charge in [0.15, 0.2) is 5.82 Å². The molecular weight excluding hydrogens is 206 g/mol. The number of nitrogens with zero attached hydrogens (tertiary/aromatic N) is 4. The van der Waals surface area contributed by atoms with Crippen molar-refractivity contribution in [2.24, 2.45) is 5.73 Å². The lowest BCUT2D eigenvalue weighted by Crippen LogP contribution is -2.05. The second-order valence-corrected chi connectivity index (χ2v) is 3.75. The minimum atomic E-state index is 0.494. The summed E-state index contributed by atoms with van der Waals surface area (Å²) in [5, 5.41) is 8.13. The van der Waals surface area contributed by atoms with Crippen LogP contribution in [0.3, 0.4) is 0 Å². The van der Waals surface area contributed by atoms with Gasteiger partial charge in [-0.1, -0.05) is 5.16 Å². The van der Waals surface area contributed by atoms with Crippen LogP contribution in [0, 0.1) is 20.8 Å². The molecule has 2 rings (SSSR count). The first-order chi connectivity index (χ1) is 7.61. The molecule has 0 saturated heterocycles. The van der Waals surface area contributed by atoms with E-state index in [9.17, 15) is 0 Å². The lowest BCUT2D eigenvalue weighted by atomic mass is 10.2. The number of aryl methyl sites for hydroxylation is 2. The van der Waals surface area contributed by atoms with Crippen LogP contribution in [0.15, 0.2) is 4.52 Å². The molecular formula is C10H15N5O. The molecule has 2 N–H and O–H groups in total. The van der Waals surface area contributed by atoms with E-state index in [1.165, 1.54) is 0 Å². The molecule has 0 atom stereocenters. The average molecular weight is 221 g/mol. The van der Waals surface area contributed by atoms with Gasteiger partial charge in [0.1, 0.15) is 6.54 Å². The summed E-state index contributed by atoms with van der Waals surface area (Å²) in [7, 11) is 0. The van der Waals surface area contributed by atoms with Gasteiger partial charge in [0.2, 0.25) is 5.89 Å². The van der Waals surface area contributed by atoms with Crippen molar-refractivity contribution in [1.29, 1.82) is 0 Å². The summed E-state index contributed by atoms with van der Waals surface area (Å²) in [5.41, 5.74) is 8.74. The molecule has 6 nitrogen and oxygen atoms in total. The molecule has 0 radical (unpaired) electrons. The molecule has 2 aromatic heterocycles. The number of rotatable bonds is 3. The van der Waals surface area contributed by atoms with E-state index in [1.54, 1.807) is 6.92 Å². The molecule has 0 amide bonds. The molecule has 0 bridgehead atoms. The first-order valence-electron chi connectivity index (χ1n) is 5.14. The van der Waals surface area contributed by atoms with Gasteiger partial charge in [0, 0.05) is 17.8 Å². The maximum absolute atomic E-state index is 5.66. The Hall–Kier alpha value is -1.69. The topological polar surface area (TPSA) is 82.8 Å². The van der Waals surface area contributed by atoms with Crippen molar-refractivity contribution >= 4 is 0 Å². The van der Waals surface area contributed by atoms with E-state index in [-0.39, 0.29) is 0 Å². The van der Waals surface area contributed by atoms with Gasteiger partial charge >= 0.3 is 0 Å². The second kappa shape index (κ2) is 4.05. The fraction of sp³-hybridized carbons (Fsp3) is 0.500. The normalized spacial score (nSPS) is 11.0. The zero-order valence-electron chi connectivity index (χ0n) is 9.69. The summed E-state index contributed by atoms with van der Waals surface area (Å²) in [6, 6.07) is 0. The van der Waals surface area contributed by atoms with E-state index >= 15 is 0 Å². The van der Waals surface area contributed by atoms with Crippen molar-refractivity contribution in [1.82, 2.24) is 19.9 Å². The van der Waals surface area contributed by atoms with E-state index in [0.717, 1.165) is 17.0 Å². The molecule has 16 heavy (non-hydrogen) atoms. The summed E-state index contributed by atoms with van der Waals surface area (Å²) in [4.78, 5) is 4.14. The van der Waals surface area contributed by atoms with E-state index in [2.05, 4.69) is 15.2 Å². The fourth-order valence-corrected chi connectivity index (χ4v) is 1.72. The Morgan fingerprint density at radius 2 is 2.06 bits per heavy atom. The van der Waals surface area contributed by atoms with Crippen molar-refractivity contribution in [3.63, 3.8) is 0 Å². The summed E-state index contributed by atoms with van der Waals surface area (Å²) in [5.74, 6) is 1.20. The first-order valence-corrected chi connectivity index (χ1v) is 5.14. The predicted octanol–water partition coefficient (Wildman–Crippen LogP) is 0.698. The Labute approximate surface area is 93.4 Å². The van der Waals surface area contributed by atoms with Crippen LogP contribution in [0.5, 0.6) is 0 Å². The van der Waals surface area contributed by atoms with Crippen LogP contribution in [-0.4, -0.2) is 19.9 Å². The highest BCUT2D eigenvalue weighted by Gasteiger charge is 2.12. The molecule has 2 aromatic rings. The first kappa shape index (κ1) is 10.8. The smallest absolute Gasteiger partial charge is 0.248 e. The highest BCUT2D eigenvalue weighted by atomic mass is 16.5. The van der Waals surface area contributed by atoms with Gasteiger partial charge in [-0.15, -0.1) is 0 Å². The molecule has 0 spiro atoms. The van der Waals surface area contributed by atoms with Gasteiger partial charge in [-0.25, -0.2) is 0 Å². The van der Waals surface area contributed by atoms with Gasteiger partial charge in [-0.2, -0.15) is 10.1 Å². The molecule has 6 heteroatoms. The lowest BCUT2D eigenvalue weighted by molar-refractivity contribution is 0.361. The van der Waals surface area contributed by atoms with Crippen molar-refractivity contribution < 1.29 is 4.52 Å². The molecule has 0 saturated carbocycles. The Bertz CT molecular complexity index is 499. The van der Waals surface area contributed by atoms with Crippen molar-refractivity contribution in [3.8, 4) is 0 Å². The van der Waals surface area contributed by atoms with E-state index < -0.39 is 0 Å². The van der Waals surface area contributed by atoms with Gasteiger partial charge in [0.05, 0.1) is 5.69 Å². The predicted molar refractivity (Wildman–Crippen MR) is 57.7 cm³/mol. The molecule has 0 fully saturated rings. The maximum atomic E-state index is 5.66. The molecule has 0 aliphatic carbocycles. The highest BCUT2D eigenvalue weighted by molar-refractivity contribution is 5.24. The van der Waals surface area contributed by atoms with E-state index in [0.29, 0.717) is 24.8 Å². The fourth-order valence-electron chi connectivity index (χ4n) is 1.72. The van der Waals surface area contributed by atoms with Crippen LogP contribution in [0.2, 0.25) is 0 Å². The number of hydrogen-bond donors (Lipinski definition) is 1. The zero-order chi connectivity index (χ0) is 11.7. The number of hydrogen-bond acceptors (Lipinski definition) is 5. The Kier molecular flexibility index (Phi) is 2.74. The van der Waals surface area contributed by atoms with Crippen molar-refractivity contribution in [2.75, 3.05) is 0 Å². The quantitative estimate of drug-likeness (QED) is 0.824. The highest BCUT2D eigenvalue weighted by Crippen LogP contribution is 2.13. The molecule has 0 unspecified atom stereocenters. The third kappa shape index (κ3) is 1.83. The van der Waals surface area contributed by atoms with Gasteiger partial charge in [-0.3, -0.25) is 4.68 Å². The minimum absolute atomic E-state index is 0.494. The van der Waals surface area contributed by atoms with E-state index in [4.69, 9.17) is 10.3 Å². The van der Waals surface area contributed by atoms with Gasteiger partial charge in [-0.05, 0) is 20.8 Å². The van der Waals surface area contributed by atoms with Gasteiger partial charge < -0.3 is 10.3 Å². The Balaban J connectivity index is 2.28. The monoisotopic (exact) mass is 221 g/mol. The SMILES string of the molecule is Cc1noc(Cn2nc(C)c(CN)c2C)n1. The molecule has 0 aliphatic rings. The molecule has 0 aliphatic heterocycles. The summed E-state index contributed by atoms with van der Waals surface area (Å²) >= 11 is 0. The minimum Gasteiger partial charge on any atom is -0.337 e. The zero-order valence-corrected chi connectivity index (χ0v) is 9.69. The maximum Gasteiger partial charge on any atom is 0.248 e. The average Bonchev–Trinajstić information content (AvgIpc) is 2.74. The van der Waals surface area contributed by atoms with Crippen LogP contribution in [0.1, 0.15) is 28.7 Å².